The summed E-state index contributed by atoms with van der Waals surface area (Å²) in [4.78, 5) is 0. The van der Waals surface area contributed by atoms with Gasteiger partial charge in [0.15, 0.2) is 5.11 Å². The third kappa shape index (κ3) is 4.37. The van der Waals surface area contributed by atoms with Crippen LogP contribution in [-0.4, -0.2) is 11.3 Å². The third-order valence-corrected chi connectivity index (χ3v) is 2.82. The first-order valence-electron chi connectivity index (χ1n) is 6.16. The van der Waals surface area contributed by atoms with Gasteiger partial charge in [-0.05, 0) is 49.0 Å². The minimum Gasteiger partial charge on any atom is -0.399 e. The Morgan fingerprint density at radius 3 is 2.40 bits per heavy atom. The van der Waals surface area contributed by atoms with Gasteiger partial charge < -0.3 is 11.1 Å². The Morgan fingerprint density at radius 2 is 1.75 bits per heavy atom. The van der Waals surface area contributed by atoms with Crippen LogP contribution < -0.4 is 16.5 Å². The summed E-state index contributed by atoms with van der Waals surface area (Å²) in [6, 6.07) is 15.4. The van der Waals surface area contributed by atoms with Crippen LogP contribution in [0.15, 0.2) is 53.6 Å². The van der Waals surface area contributed by atoms with E-state index in [0.717, 1.165) is 16.9 Å². The van der Waals surface area contributed by atoms with Crippen molar-refractivity contribution in [1.82, 2.24) is 5.43 Å². The van der Waals surface area contributed by atoms with E-state index in [0.29, 0.717) is 5.11 Å². The van der Waals surface area contributed by atoms with Crippen LogP contribution in [0.5, 0.6) is 0 Å². The molecule has 0 bridgehead atoms. The van der Waals surface area contributed by atoms with Gasteiger partial charge in [0.1, 0.15) is 0 Å². The molecule has 102 valence electrons. The standard InChI is InChI=1S/C15H16N4S/c1-11-2-8-14(9-3-11)18-15(20)19-17-10-12-4-6-13(16)7-5-12/h2-10H,16H2,1H3,(H2,18,19,20)/b17-10+. The lowest BCUT2D eigenvalue weighted by atomic mass is 10.2. The van der Waals surface area contributed by atoms with Crippen LogP contribution in [0.25, 0.3) is 0 Å². The molecular weight excluding hydrogens is 268 g/mol. The molecule has 0 aromatic heterocycles. The molecule has 0 fully saturated rings. The lowest BCUT2D eigenvalue weighted by Gasteiger charge is -2.06. The minimum atomic E-state index is 0.445. The lowest BCUT2D eigenvalue weighted by Crippen LogP contribution is -2.23. The van der Waals surface area contributed by atoms with Gasteiger partial charge in [-0.2, -0.15) is 5.10 Å². The first kappa shape index (κ1) is 14.0. The molecule has 0 unspecified atom stereocenters. The van der Waals surface area contributed by atoms with Crippen LogP contribution in [0.3, 0.4) is 0 Å². The molecule has 0 saturated carbocycles. The van der Waals surface area contributed by atoms with Crippen LogP contribution in [0.1, 0.15) is 11.1 Å². The van der Waals surface area contributed by atoms with Crippen molar-refractivity contribution in [2.75, 3.05) is 11.1 Å². The van der Waals surface area contributed by atoms with Gasteiger partial charge in [-0.3, -0.25) is 5.43 Å². The molecule has 4 nitrogen and oxygen atoms in total. The summed E-state index contributed by atoms with van der Waals surface area (Å²) in [5.74, 6) is 0. The van der Waals surface area contributed by atoms with Crippen molar-refractivity contribution in [3.63, 3.8) is 0 Å². The van der Waals surface area contributed by atoms with E-state index < -0.39 is 0 Å². The van der Waals surface area contributed by atoms with Gasteiger partial charge in [0.25, 0.3) is 0 Å². The predicted molar refractivity (Wildman–Crippen MR) is 89.0 cm³/mol. The molecule has 0 aliphatic heterocycles. The highest BCUT2D eigenvalue weighted by molar-refractivity contribution is 7.80. The van der Waals surface area contributed by atoms with Gasteiger partial charge in [0.2, 0.25) is 0 Å². The number of nitrogens with two attached hydrogens (primary N) is 1. The van der Waals surface area contributed by atoms with Crippen molar-refractivity contribution in [2.24, 2.45) is 5.10 Å². The highest BCUT2D eigenvalue weighted by Crippen LogP contribution is 2.08. The smallest absolute Gasteiger partial charge is 0.191 e. The summed E-state index contributed by atoms with van der Waals surface area (Å²) < 4.78 is 0. The van der Waals surface area contributed by atoms with Gasteiger partial charge in [-0.15, -0.1) is 0 Å². The zero-order valence-electron chi connectivity index (χ0n) is 11.1. The number of nitrogen functional groups attached to an aromatic ring is 1. The fraction of sp³-hybridized carbons (Fsp3) is 0.0667. The number of hydrogen-bond acceptors (Lipinski definition) is 3. The van der Waals surface area contributed by atoms with Gasteiger partial charge in [-0.1, -0.05) is 29.8 Å². The predicted octanol–water partition coefficient (Wildman–Crippen LogP) is 2.90. The number of hydrazone groups is 1. The number of hydrogen-bond donors (Lipinski definition) is 3. The van der Waals surface area contributed by atoms with E-state index in [1.54, 1.807) is 6.21 Å². The highest BCUT2D eigenvalue weighted by atomic mass is 32.1. The zero-order valence-corrected chi connectivity index (χ0v) is 11.9. The van der Waals surface area contributed by atoms with Crippen molar-refractivity contribution < 1.29 is 0 Å². The molecule has 0 aliphatic rings. The molecular formula is C15H16N4S. The summed E-state index contributed by atoms with van der Waals surface area (Å²) in [6.07, 6.45) is 1.68. The third-order valence-electron chi connectivity index (χ3n) is 2.63. The highest BCUT2D eigenvalue weighted by Gasteiger charge is 1.95. The van der Waals surface area contributed by atoms with Crippen LogP contribution in [0, 0.1) is 6.92 Å². The molecule has 5 heteroatoms. The number of nitrogens with zero attached hydrogens (tertiary/aromatic N) is 1. The molecule has 0 atom stereocenters. The van der Waals surface area contributed by atoms with Gasteiger partial charge >= 0.3 is 0 Å². The van der Waals surface area contributed by atoms with Crippen molar-refractivity contribution in [2.45, 2.75) is 6.92 Å². The second-order valence-electron chi connectivity index (χ2n) is 4.36. The maximum Gasteiger partial charge on any atom is 0.191 e. The van der Waals surface area contributed by atoms with Gasteiger partial charge in [0, 0.05) is 11.4 Å². The van der Waals surface area contributed by atoms with Crippen molar-refractivity contribution in [3.05, 3.63) is 59.7 Å². The lowest BCUT2D eigenvalue weighted by molar-refractivity contribution is 1.05. The fourth-order valence-electron chi connectivity index (χ4n) is 1.54. The molecule has 2 aromatic rings. The van der Waals surface area contributed by atoms with Gasteiger partial charge in [0.05, 0.1) is 6.21 Å². The number of anilines is 2. The Labute approximate surface area is 123 Å². The zero-order chi connectivity index (χ0) is 14.4. The molecule has 0 saturated heterocycles. The first-order valence-corrected chi connectivity index (χ1v) is 6.56. The van der Waals surface area contributed by atoms with Crippen molar-refractivity contribution >= 4 is 34.9 Å². The number of benzene rings is 2. The molecule has 4 N–H and O–H groups in total. The molecule has 0 amide bonds. The Kier molecular flexibility index (Phi) is 4.68. The van der Waals surface area contributed by atoms with E-state index in [1.165, 1.54) is 5.56 Å². The first-order chi connectivity index (χ1) is 9.63. The maximum absolute atomic E-state index is 5.61. The second-order valence-corrected chi connectivity index (χ2v) is 4.77. The van der Waals surface area contributed by atoms with E-state index >= 15 is 0 Å². The molecule has 2 rings (SSSR count). The minimum absolute atomic E-state index is 0.445. The van der Waals surface area contributed by atoms with Gasteiger partial charge in [-0.25, -0.2) is 0 Å². The molecule has 0 heterocycles. The van der Waals surface area contributed by atoms with E-state index in [1.807, 2.05) is 55.5 Å². The van der Waals surface area contributed by atoms with E-state index in [2.05, 4.69) is 15.8 Å². The Bertz CT molecular complexity index is 603. The summed E-state index contributed by atoms with van der Waals surface area (Å²) >= 11 is 5.15. The number of aryl methyl sites for hydroxylation is 1. The molecule has 2 aromatic carbocycles. The topological polar surface area (TPSA) is 62.4 Å². The second kappa shape index (κ2) is 6.68. The van der Waals surface area contributed by atoms with Crippen LogP contribution in [0.4, 0.5) is 11.4 Å². The Morgan fingerprint density at radius 1 is 1.10 bits per heavy atom. The average Bonchev–Trinajstić information content (AvgIpc) is 2.44. The molecule has 20 heavy (non-hydrogen) atoms. The van der Waals surface area contributed by atoms with Crippen LogP contribution in [-0.2, 0) is 0 Å². The quantitative estimate of drug-likeness (QED) is 0.351. The van der Waals surface area contributed by atoms with E-state index in [9.17, 15) is 0 Å². The Hall–Kier alpha value is -2.40. The summed E-state index contributed by atoms with van der Waals surface area (Å²) in [5.41, 5.74) is 12.2. The molecule has 0 spiro atoms. The number of nitrogens with one attached hydrogen (secondary N) is 2. The normalized spacial score (nSPS) is 10.4. The molecule has 0 radical (unpaired) electrons. The maximum atomic E-state index is 5.61. The average molecular weight is 284 g/mol. The SMILES string of the molecule is Cc1ccc(NC(=S)N/N=C/c2ccc(N)cc2)cc1. The van der Waals surface area contributed by atoms with Crippen LogP contribution >= 0.6 is 12.2 Å². The van der Waals surface area contributed by atoms with Crippen LogP contribution in [0.2, 0.25) is 0 Å². The summed E-state index contributed by atoms with van der Waals surface area (Å²) in [7, 11) is 0. The number of rotatable bonds is 3. The van der Waals surface area contributed by atoms with E-state index in [4.69, 9.17) is 18.0 Å². The Balaban J connectivity index is 1.85. The van der Waals surface area contributed by atoms with E-state index in [-0.39, 0.29) is 0 Å². The van der Waals surface area contributed by atoms with Crippen molar-refractivity contribution in [3.8, 4) is 0 Å². The summed E-state index contributed by atoms with van der Waals surface area (Å²) in [5, 5.41) is 7.56. The van der Waals surface area contributed by atoms with Crippen molar-refractivity contribution in [1.29, 1.82) is 0 Å². The monoisotopic (exact) mass is 284 g/mol. The number of thiocarbonyl (C=S) groups is 1. The molecule has 0 aliphatic carbocycles. The summed E-state index contributed by atoms with van der Waals surface area (Å²) in [6.45, 7) is 2.04. The fourth-order valence-corrected chi connectivity index (χ4v) is 1.71. The largest absolute Gasteiger partial charge is 0.399 e.